The fraction of sp³-hybridized carbons (Fsp3) is 0.0645. The summed E-state index contributed by atoms with van der Waals surface area (Å²) >= 11 is 2.58. The first-order valence-corrected chi connectivity index (χ1v) is 14.4. The van der Waals surface area contributed by atoms with Crippen molar-refractivity contribution >= 4 is 51.4 Å². The van der Waals surface area contributed by atoms with Crippen LogP contribution in [0.5, 0.6) is 5.75 Å². The quantitative estimate of drug-likeness (QED) is 0.0975. The first kappa shape index (κ1) is 28.5. The average Bonchev–Trinajstić information content (AvgIpc) is 3.49. The van der Waals surface area contributed by atoms with Gasteiger partial charge in [0, 0.05) is 39.2 Å². The molecule has 5 rings (SSSR count). The number of hydrogen-bond donors (Lipinski definition) is 2. The standard InChI is InChI=1S/C31H24N4O5S2/c1-40-25-15-13-21(14-16-25)29(36)32-23-10-6-12-26(18-23)42-28(20-7-3-2-4-8-20)30(37)34-31-33-27(19-41-31)22-9-5-11-24(17-22)35(38)39/h2-19,28H,1H3,(H,32,36)(H,33,34,37). The number of rotatable bonds is 10. The van der Waals surface area contributed by atoms with Crippen LogP contribution in [-0.2, 0) is 4.79 Å². The Hall–Kier alpha value is -5.00. The fourth-order valence-electron chi connectivity index (χ4n) is 4.04. The Morgan fingerprint density at radius 2 is 1.69 bits per heavy atom. The van der Waals surface area contributed by atoms with E-state index < -0.39 is 10.2 Å². The highest BCUT2D eigenvalue weighted by molar-refractivity contribution is 8.00. The molecular weight excluding hydrogens is 572 g/mol. The summed E-state index contributed by atoms with van der Waals surface area (Å²) in [5.41, 5.74) is 2.96. The number of aromatic nitrogens is 1. The molecule has 4 aromatic carbocycles. The van der Waals surface area contributed by atoms with Gasteiger partial charge < -0.3 is 15.4 Å². The molecule has 0 aliphatic carbocycles. The zero-order valence-electron chi connectivity index (χ0n) is 22.2. The number of nitrogens with zero attached hydrogens (tertiary/aromatic N) is 2. The summed E-state index contributed by atoms with van der Waals surface area (Å²) in [6.45, 7) is 0. The largest absolute Gasteiger partial charge is 0.497 e. The second-order valence-electron chi connectivity index (χ2n) is 8.95. The number of nitro benzene ring substituents is 1. The molecule has 9 nitrogen and oxygen atoms in total. The Kier molecular flexibility index (Phi) is 8.90. The van der Waals surface area contributed by atoms with E-state index in [1.165, 1.54) is 35.2 Å². The molecule has 2 N–H and O–H groups in total. The predicted octanol–water partition coefficient (Wildman–Crippen LogP) is 7.45. The molecule has 0 spiro atoms. The van der Waals surface area contributed by atoms with Crippen molar-refractivity contribution in [1.82, 2.24) is 4.98 Å². The van der Waals surface area contributed by atoms with Gasteiger partial charge in [0.1, 0.15) is 11.0 Å². The number of ether oxygens (including phenoxy) is 1. The number of methoxy groups -OCH3 is 1. The van der Waals surface area contributed by atoms with E-state index in [9.17, 15) is 19.7 Å². The van der Waals surface area contributed by atoms with E-state index in [0.717, 1.165) is 10.5 Å². The van der Waals surface area contributed by atoms with Crippen LogP contribution in [0.1, 0.15) is 21.2 Å². The van der Waals surface area contributed by atoms with Crippen molar-refractivity contribution in [2.24, 2.45) is 0 Å². The summed E-state index contributed by atoms with van der Waals surface area (Å²) in [7, 11) is 1.57. The molecule has 210 valence electrons. The molecule has 0 fully saturated rings. The van der Waals surface area contributed by atoms with Gasteiger partial charge in [-0.3, -0.25) is 19.7 Å². The van der Waals surface area contributed by atoms with Gasteiger partial charge in [0.25, 0.3) is 11.6 Å². The topological polar surface area (TPSA) is 123 Å². The third-order valence-corrected chi connectivity index (χ3v) is 8.13. The van der Waals surface area contributed by atoms with Gasteiger partial charge in [-0.1, -0.05) is 48.5 Å². The first-order valence-electron chi connectivity index (χ1n) is 12.7. The minimum absolute atomic E-state index is 0.0333. The summed E-state index contributed by atoms with van der Waals surface area (Å²) in [4.78, 5) is 42.3. The molecule has 1 aromatic heterocycles. The summed E-state index contributed by atoms with van der Waals surface area (Å²) < 4.78 is 5.15. The number of hydrogen-bond acceptors (Lipinski definition) is 8. The van der Waals surface area contributed by atoms with E-state index in [1.807, 2.05) is 48.5 Å². The van der Waals surface area contributed by atoms with E-state index in [2.05, 4.69) is 15.6 Å². The molecule has 1 heterocycles. The Balaban J connectivity index is 1.32. The van der Waals surface area contributed by atoms with Gasteiger partial charge >= 0.3 is 0 Å². The van der Waals surface area contributed by atoms with Crippen molar-refractivity contribution in [3.63, 3.8) is 0 Å². The van der Waals surface area contributed by atoms with E-state index in [-0.39, 0.29) is 17.5 Å². The van der Waals surface area contributed by atoms with Crippen LogP contribution in [0, 0.1) is 10.1 Å². The lowest BCUT2D eigenvalue weighted by Crippen LogP contribution is -2.19. The van der Waals surface area contributed by atoms with E-state index in [1.54, 1.807) is 55.0 Å². The summed E-state index contributed by atoms with van der Waals surface area (Å²) in [5, 5.41) is 18.5. The number of nitro groups is 1. The Bertz CT molecular complexity index is 1730. The smallest absolute Gasteiger partial charge is 0.270 e. The third-order valence-electron chi connectivity index (χ3n) is 6.13. The highest BCUT2D eigenvalue weighted by atomic mass is 32.2. The molecular formula is C31H24N4O5S2. The van der Waals surface area contributed by atoms with Crippen LogP contribution in [0.15, 0.2) is 113 Å². The maximum atomic E-state index is 13.6. The number of carbonyl (C=O) groups is 2. The molecule has 0 aliphatic rings. The van der Waals surface area contributed by atoms with Gasteiger partial charge in [-0.2, -0.15) is 0 Å². The number of non-ortho nitro benzene ring substituents is 1. The number of thiazole rings is 1. The van der Waals surface area contributed by atoms with Crippen LogP contribution < -0.4 is 15.4 Å². The van der Waals surface area contributed by atoms with Gasteiger partial charge in [-0.25, -0.2) is 4.98 Å². The van der Waals surface area contributed by atoms with Crippen molar-refractivity contribution in [2.75, 3.05) is 17.7 Å². The lowest BCUT2D eigenvalue weighted by molar-refractivity contribution is -0.384. The molecule has 1 unspecified atom stereocenters. The van der Waals surface area contributed by atoms with Gasteiger partial charge in [0.2, 0.25) is 5.91 Å². The van der Waals surface area contributed by atoms with Crippen LogP contribution in [0.2, 0.25) is 0 Å². The molecule has 42 heavy (non-hydrogen) atoms. The molecule has 0 radical (unpaired) electrons. The second kappa shape index (κ2) is 13.1. The Morgan fingerprint density at radius 1 is 0.929 bits per heavy atom. The lowest BCUT2D eigenvalue weighted by Gasteiger charge is -2.17. The van der Waals surface area contributed by atoms with E-state index >= 15 is 0 Å². The SMILES string of the molecule is COc1ccc(C(=O)Nc2cccc(SC(C(=O)Nc3nc(-c4cccc([N+](=O)[O-])c4)cs3)c3ccccc3)c2)cc1. The minimum Gasteiger partial charge on any atom is -0.497 e. The number of amides is 2. The van der Waals surface area contributed by atoms with Crippen molar-refractivity contribution in [3.8, 4) is 17.0 Å². The molecule has 1 atom stereocenters. The van der Waals surface area contributed by atoms with Gasteiger partial charge in [0.05, 0.1) is 17.7 Å². The Labute approximate surface area is 249 Å². The zero-order valence-corrected chi connectivity index (χ0v) is 23.9. The maximum absolute atomic E-state index is 13.6. The number of nitrogens with one attached hydrogen (secondary N) is 2. The fourth-order valence-corrected chi connectivity index (χ4v) is 5.85. The molecule has 0 bridgehead atoms. The lowest BCUT2D eigenvalue weighted by atomic mass is 10.1. The van der Waals surface area contributed by atoms with Crippen molar-refractivity contribution in [1.29, 1.82) is 0 Å². The summed E-state index contributed by atoms with van der Waals surface area (Å²) in [6, 6.07) is 29.7. The average molecular weight is 597 g/mol. The van der Waals surface area contributed by atoms with Crippen LogP contribution in [0.25, 0.3) is 11.3 Å². The summed E-state index contributed by atoms with van der Waals surface area (Å²) in [5.74, 6) is 0.118. The number of carbonyl (C=O) groups excluding carboxylic acids is 2. The Morgan fingerprint density at radius 3 is 2.43 bits per heavy atom. The molecule has 0 saturated carbocycles. The second-order valence-corrected chi connectivity index (χ2v) is 11.0. The first-order chi connectivity index (χ1) is 20.4. The highest BCUT2D eigenvalue weighted by Crippen LogP contribution is 2.38. The number of benzene rings is 4. The van der Waals surface area contributed by atoms with Crippen molar-refractivity contribution in [2.45, 2.75) is 10.1 Å². The highest BCUT2D eigenvalue weighted by Gasteiger charge is 2.24. The van der Waals surface area contributed by atoms with Crippen molar-refractivity contribution in [3.05, 3.63) is 130 Å². The third kappa shape index (κ3) is 7.00. The molecule has 0 saturated heterocycles. The van der Waals surface area contributed by atoms with Crippen molar-refractivity contribution < 1.29 is 19.2 Å². The molecule has 0 aliphatic heterocycles. The zero-order chi connectivity index (χ0) is 29.5. The van der Waals surface area contributed by atoms with E-state index in [4.69, 9.17) is 4.74 Å². The maximum Gasteiger partial charge on any atom is 0.270 e. The van der Waals surface area contributed by atoms with Crippen LogP contribution >= 0.6 is 23.1 Å². The normalized spacial score (nSPS) is 11.4. The monoisotopic (exact) mass is 596 g/mol. The molecule has 5 aromatic rings. The van der Waals surface area contributed by atoms with E-state index in [0.29, 0.717) is 33.4 Å². The molecule has 11 heteroatoms. The van der Waals surface area contributed by atoms with Gasteiger partial charge in [-0.15, -0.1) is 23.1 Å². The predicted molar refractivity (Wildman–Crippen MR) is 165 cm³/mol. The minimum atomic E-state index is -0.621. The summed E-state index contributed by atoms with van der Waals surface area (Å²) in [6.07, 6.45) is 0. The number of anilines is 2. The van der Waals surface area contributed by atoms with Crippen LogP contribution in [-0.4, -0.2) is 28.8 Å². The van der Waals surface area contributed by atoms with Crippen LogP contribution in [0.4, 0.5) is 16.5 Å². The molecule has 2 amide bonds. The van der Waals surface area contributed by atoms with Gasteiger partial charge in [-0.05, 0) is 48.0 Å². The van der Waals surface area contributed by atoms with Crippen LogP contribution in [0.3, 0.4) is 0 Å². The van der Waals surface area contributed by atoms with Gasteiger partial charge in [0.15, 0.2) is 5.13 Å². The number of thioether (sulfide) groups is 1.